The summed E-state index contributed by atoms with van der Waals surface area (Å²) in [6.45, 7) is 2.61. The van der Waals surface area contributed by atoms with Gasteiger partial charge in [-0.15, -0.1) is 0 Å². The van der Waals surface area contributed by atoms with Crippen LogP contribution >= 0.6 is 0 Å². The van der Waals surface area contributed by atoms with Gasteiger partial charge in [0, 0.05) is 6.54 Å². The molecule has 2 unspecified atom stereocenters. The van der Waals surface area contributed by atoms with E-state index in [0.29, 0.717) is 12.1 Å². The number of amides is 1. The van der Waals surface area contributed by atoms with Crippen molar-refractivity contribution in [1.29, 1.82) is 0 Å². The van der Waals surface area contributed by atoms with Gasteiger partial charge in [-0.3, -0.25) is 9.69 Å². The number of carbonyl (C=O) groups is 1. The van der Waals surface area contributed by atoms with E-state index in [1.807, 2.05) is 36.4 Å². The number of aliphatic hydroxyl groups excluding tert-OH is 1. The minimum Gasteiger partial charge on any atom is -0.378 e. The smallest absolute Gasteiger partial charge is 0.253 e. The van der Waals surface area contributed by atoms with Crippen molar-refractivity contribution in [1.82, 2.24) is 10.2 Å². The number of likely N-dealkylation sites (tertiary alicyclic amines) is 1. The first kappa shape index (κ1) is 16.7. The van der Waals surface area contributed by atoms with Crippen LogP contribution < -0.4 is 5.32 Å². The topological polar surface area (TPSA) is 52.6 Å². The van der Waals surface area contributed by atoms with Crippen LogP contribution in [-0.2, 0) is 4.79 Å². The Labute approximate surface area is 143 Å². The van der Waals surface area contributed by atoms with Crippen LogP contribution in [0.1, 0.15) is 36.1 Å². The summed E-state index contributed by atoms with van der Waals surface area (Å²) in [5.74, 6) is -0.346. The molecule has 1 amide bonds. The van der Waals surface area contributed by atoms with Crippen molar-refractivity contribution in [2.45, 2.75) is 25.0 Å². The summed E-state index contributed by atoms with van der Waals surface area (Å²) in [6.07, 6.45) is 1.27. The highest BCUT2D eigenvalue weighted by Crippen LogP contribution is 2.24. The fourth-order valence-electron chi connectivity index (χ4n) is 3.27. The van der Waals surface area contributed by atoms with Gasteiger partial charge in [0.25, 0.3) is 5.91 Å². The van der Waals surface area contributed by atoms with E-state index in [0.717, 1.165) is 13.1 Å². The molecule has 1 fully saturated rings. The van der Waals surface area contributed by atoms with Crippen LogP contribution in [0.15, 0.2) is 60.7 Å². The Morgan fingerprint density at radius 3 is 2.08 bits per heavy atom. The van der Waals surface area contributed by atoms with E-state index in [1.165, 1.54) is 18.4 Å². The molecule has 0 saturated carbocycles. The van der Waals surface area contributed by atoms with Crippen LogP contribution in [0.5, 0.6) is 0 Å². The lowest BCUT2D eigenvalue weighted by atomic mass is 10.0. The number of rotatable bonds is 6. The van der Waals surface area contributed by atoms with Crippen molar-refractivity contribution in [3.63, 3.8) is 0 Å². The number of nitrogens with one attached hydrogen (secondary N) is 1. The summed E-state index contributed by atoms with van der Waals surface area (Å²) in [5, 5.41) is 13.1. The van der Waals surface area contributed by atoms with Gasteiger partial charge in [-0.25, -0.2) is 0 Å². The van der Waals surface area contributed by atoms with E-state index >= 15 is 0 Å². The third-order valence-corrected chi connectivity index (χ3v) is 4.60. The van der Waals surface area contributed by atoms with Crippen molar-refractivity contribution in [2.75, 3.05) is 19.6 Å². The summed E-state index contributed by atoms with van der Waals surface area (Å²) in [5.41, 5.74) is 1.82. The van der Waals surface area contributed by atoms with Gasteiger partial charge in [-0.05, 0) is 37.1 Å². The van der Waals surface area contributed by atoms with Crippen molar-refractivity contribution in [3.05, 3.63) is 71.8 Å². The van der Waals surface area contributed by atoms with Gasteiger partial charge < -0.3 is 10.4 Å². The number of hydrogen-bond donors (Lipinski definition) is 2. The van der Waals surface area contributed by atoms with E-state index in [4.69, 9.17) is 0 Å². The Hall–Kier alpha value is -2.17. The molecule has 3 rings (SSSR count). The average Bonchev–Trinajstić information content (AvgIpc) is 3.17. The Kier molecular flexibility index (Phi) is 5.62. The standard InChI is InChI=1S/C20H24N2O2/c23-19(17-11-5-2-6-12-17)20(24)21-15-18(22-13-7-8-14-22)16-9-3-1-4-10-16/h1-6,9-12,18-19,23H,7-8,13-15H2,(H,21,24). The molecule has 4 nitrogen and oxygen atoms in total. The van der Waals surface area contributed by atoms with E-state index in [9.17, 15) is 9.90 Å². The Balaban J connectivity index is 1.66. The molecule has 0 spiro atoms. The summed E-state index contributed by atoms with van der Waals surface area (Å²) < 4.78 is 0. The number of aliphatic hydroxyl groups is 1. The maximum absolute atomic E-state index is 12.3. The van der Waals surface area contributed by atoms with Gasteiger partial charge in [0.2, 0.25) is 0 Å². The largest absolute Gasteiger partial charge is 0.378 e. The predicted octanol–water partition coefficient (Wildman–Crippen LogP) is 2.67. The molecule has 0 bridgehead atoms. The van der Waals surface area contributed by atoms with E-state index in [1.54, 1.807) is 12.1 Å². The maximum Gasteiger partial charge on any atom is 0.253 e. The number of benzene rings is 2. The van der Waals surface area contributed by atoms with Gasteiger partial charge in [-0.2, -0.15) is 0 Å². The first-order chi connectivity index (χ1) is 11.8. The molecular weight excluding hydrogens is 300 g/mol. The van der Waals surface area contributed by atoms with Crippen LogP contribution in [0.3, 0.4) is 0 Å². The summed E-state index contributed by atoms with van der Waals surface area (Å²) >= 11 is 0. The summed E-state index contributed by atoms with van der Waals surface area (Å²) in [6, 6.07) is 19.4. The minimum atomic E-state index is -1.12. The maximum atomic E-state index is 12.3. The lowest BCUT2D eigenvalue weighted by molar-refractivity contribution is -0.129. The number of nitrogens with zero attached hydrogens (tertiary/aromatic N) is 1. The molecule has 0 aromatic heterocycles. The van der Waals surface area contributed by atoms with Crippen LogP contribution in [0.4, 0.5) is 0 Å². The first-order valence-corrected chi connectivity index (χ1v) is 8.55. The fraction of sp³-hybridized carbons (Fsp3) is 0.350. The Bertz CT molecular complexity index is 639. The second kappa shape index (κ2) is 8.08. The molecule has 2 aromatic carbocycles. The van der Waals surface area contributed by atoms with Crippen molar-refractivity contribution in [3.8, 4) is 0 Å². The lowest BCUT2D eigenvalue weighted by Crippen LogP contribution is -2.38. The zero-order valence-corrected chi connectivity index (χ0v) is 13.8. The van der Waals surface area contributed by atoms with Crippen LogP contribution in [0.25, 0.3) is 0 Å². The monoisotopic (exact) mass is 324 g/mol. The predicted molar refractivity (Wildman–Crippen MR) is 94.4 cm³/mol. The first-order valence-electron chi connectivity index (χ1n) is 8.55. The Morgan fingerprint density at radius 1 is 0.958 bits per heavy atom. The third-order valence-electron chi connectivity index (χ3n) is 4.60. The molecular formula is C20H24N2O2. The molecule has 2 aromatic rings. The van der Waals surface area contributed by atoms with Crippen molar-refractivity contribution >= 4 is 5.91 Å². The van der Waals surface area contributed by atoms with Gasteiger partial charge in [0.05, 0.1) is 6.04 Å². The molecule has 0 radical (unpaired) electrons. The molecule has 1 heterocycles. The zero-order valence-electron chi connectivity index (χ0n) is 13.8. The SMILES string of the molecule is O=C(NCC(c1ccccc1)N1CCCC1)C(O)c1ccccc1. The quantitative estimate of drug-likeness (QED) is 0.859. The molecule has 1 aliphatic rings. The number of carbonyl (C=O) groups excluding carboxylic acids is 1. The summed E-state index contributed by atoms with van der Waals surface area (Å²) in [7, 11) is 0. The van der Waals surface area contributed by atoms with Gasteiger partial charge in [-0.1, -0.05) is 60.7 Å². The van der Waals surface area contributed by atoms with E-state index in [-0.39, 0.29) is 11.9 Å². The average molecular weight is 324 g/mol. The molecule has 24 heavy (non-hydrogen) atoms. The highest BCUT2D eigenvalue weighted by Gasteiger charge is 2.25. The van der Waals surface area contributed by atoms with Gasteiger partial charge in [0.1, 0.15) is 0 Å². The Morgan fingerprint density at radius 2 is 1.50 bits per heavy atom. The molecule has 1 aliphatic heterocycles. The van der Waals surface area contributed by atoms with Gasteiger partial charge in [0.15, 0.2) is 6.10 Å². The molecule has 1 saturated heterocycles. The van der Waals surface area contributed by atoms with E-state index in [2.05, 4.69) is 22.3 Å². The minimum absolute atomic E-state index is 0.153. The second-order valence-electron chi connectivity index (χ2n) is 6.23. The van der Waals surface area contributed by atoms with Gasteiger partial charge >= 0.3 is 0 Å². The van der Waals surface area contributed by atoms with Crippen LogP contribution in [0, 0.1) is 0 Å². The lowest BCUT2D eigenvalue weighted by Gasteiger charge is -2.28. The molecule has 4 heteroatoms. The molecule has 0 aliphatic carbocycles. The van der Waals surface area contributed by atoms with Crippen LogP contribution in [0.2, 0.25) is 0 Å². The second-order valence-corrected chi connectivity index (χ2v) is 6.23. The van der Waals surface area contributed by atoms with E-state index < -0.39 is 6.10 Å². The normalized spacial score (nSPS) is 17.4. The third kappa shape index (κ3) is 4.02. The highest BCUT2D eigenvalue weighted by molar-refractivity contribution is 5.81. The van der Waals surface area contributed by atoms with Crippen molar-refractivity contribution in [2.24, 2.45) is 0 Å². The van der Waals surface area contributed by atoms with Crippen LogP contribution in [-0.4, -0.2) is 35.5 Å². The summed E-state index contributed by atoms with van der Waals surface area (Å²) in [4.78, 5) is 14.7. The molecule has 2 N–H and O–H groups in total. The fourth-order valence-corrected chi connectivity index (χ4v) is 3.27. The number of hydrogen-bond acceptors (Lipinski definition) is 3. The molecule has 126 valence electrons. The van der Waals surface area contributed by atoms with Crippen molar-refractivity contribution < 1.29 is 9.90 Å². The zero-order chi connectivity index (χ0) is 16.8. The highest BCUT2D eigenvalue weighted by atomic mass is 16.3. The molecule has 2 atom stereocenters.